The molecule has 27 heavy (non-hydrogen) atoms. The van der Waals surface area contributed by atoms with Crippen LogP contribution < -0.4 is 5.32 Å². The van der Waals surface area contributed by atoms with Crippen molar-refractivity contribution >= 4 is 41.3 Å². The molecule has 0 aromatic carbocycles. The lowest BCUT2D eigenvalue weighted by Gasteiger charge is -2.22. The first kappa shape index (κ1) is 23.6. The van der Waals surface area contributed by atoms with Crippen molar-refractivity contribution in [1.29, 1.82) is 0 Å². The molecule has 6 nitrogen and oxygen atoms in total. The third-order valence-corrected chi connectivity index (χ3v) is 5.19. The van der Waals surface area contributed by atoms with Gasteiger partial charge in [0.2, 0.25) is 0 Å². The van der Waals surface area contributed by atoms with E-state index in [1.165, 1.54) is 17.7 Å². The molecule has 0 unspecified atom stereocenters. The molecule has 0 aliphatic carbocycles. The van der Waals surface area contributed by atoms with Crippen molar-refractivity contribution in [2.45, 2.75) is 45.7 Å². The van der Waals surface area contributed by atoms with Crippen molar-refractivity contribution in [1.82, 2.24) is 25.0 Å². The summed E-state index contributed by atoms with van der Waals surface area (Å²) in [7, 11) is 4.07. The van der Waals surface area contributed by atoms with Crippen LogP contribution in [-0.2, 0) is 20.1 Å². The summed E-state index contributed by atoms with van der Waals surface area (Å²) in [5.74, 6) is 2.68. The van der Waals surface area contributed by atoms with Crippen molar-refractivity contribution in [3.63, 3.8) is 0 Å². The zero-order valence-corrected chi connectivity index (χ0v) is 19.7. The molecule has 1 N–H and O–H groups in total. The van der Waals surface area contributed by atoms with Crippen LogP contribution in [0, 0.1) is 6.92 Å². The molecular formula is C19H31IN6S. The van der Waals surface area contributed by atoms with Gasteiger partial charge in [-0.3, -0.25) is 0 Å². The summed E-state index contributed by atoms with van der Waals surface area (Å²) in [4.78, 5) is 8.28. The first-order valence-electron chi connectivity index (χ1n) is 9.09. The van der Waals surface area contributed by atoms with E-state index < -0.39 is 0 Å². The minimum Gasteiger partial charge on any atom is -0.351 e. The van der Waals surface area contributed by atoms with Gasteiger partial charge in [-0.2, -0.15) is 0 Å². The molecule has 8 heteroatoms. The van der Waals surface area contributed by atoms with Gasteiger partial charge in [0.15, 0.2) is 11.8 Å². The minimum absolute atomic E-state index is 0. The zero-order valence-electron chi connectivity index (χ0n) is 16.5. The highest BCUT2D eigenvalue weighted by atomic mass is 127. The lowest BCUT2D eigenvalue weighted by molar-refractivity contribution is 0.453. The summed E-state index contributed by atoms with van der Waals surface area (Å²) in [6.07, 6.45) is 6.63. The Morgan fingerprint density at radius 3 is 2.81 bits per heavy atom. The van der Waals surface area contributed by atoms with Gasteiger partial charge < -0.3 is 14.8 Å². The number of nitrogens with zero attached hydrogens (tertiary/aromatic N) is 5. The molecular weight excluding hydrogens is 471 g/mol. The SMILES string of the molecule is C=CCCCCCN(C)C(=NCc1nnc(C)n1C)NCc1cccs1.I. The van der Waals surface area contributed by atoms with E-state index in [1.54, 1.807) is 11.3 Å². The Labute approximate surface area is 183 Å². The van der Waals surface area contributed by atoms with Crippen molar-refractivity contribution in [2.24, 2.45) is 12.0 Å². The summed E-state index contributed by atoms with van der Waals surface area (Å²) in [6.45, 7) is 8.01. The van der Waals surface area contributed by atoms with Gasteiger partial charge in [-0.15, -0.1) is 52.1 Å². The van der Waals surface area contributed by atoms with E-state index >= 15 is 0 Å². The second-order valence-corrected chi connectivity index (χ2v) is 7.39. The number of guanidine groups is 1. The van der Waals surface area contributed by atoms with Gasteiger partial charge in [0, 0.05) is 25.5 Å². The number of allylic oxidation sites excluding steroid dienone is 1. The van der Waals surface area contributed by atoms with E-state index in [1.807, 2.05) is 24.6 Å². The van der Waals surface area contributed by atoms with Crippen molar-refractivity contribution in [3.05, 3.63) is 46.7 Å². The molecule has 0 atom stereocenters. The zero-order chi connectivity index (χ0) is 18.8. The number of rotatable bonds is 10. The molecule has 0 saturated heterocycles. The summed E-state index contributed by atoms with van der Waals surface area (Å²) in [5, 5.41) is 13.9. The normalized spacial score (nSPS) is 11.1. The molecule has 150 valence electrons. The highest BCUT2D eigenvalue weighted by Gasteiger charge is 2.09. The van der Waals surface area contributed by atoms with Gasteiger partial charge in [0.1, 0.15) is 12.4 Å². The maximum absolute atomic E-state index is 4.78. The van der Waals surface area contributed by atoms with Crippen LogP contribution in [-0.4, -0.2) is 39.2 Å². The third-order valence-electron chi connectivity index (χ3n) is 4.32. The van der Waals surface area contributed by atoms with E-state index in [9.17, 15) is 0 Å². The topological polar surface area (TPSA) is 58.3 Å². The monoisotopic (exact) mass is 502 g/mol. The number of thiophene rings is 1. The maximum Gasteiger partial charge on any atom is 0.194 e. The molecule has 2 aromatic heterocycles. The highest BCUT2D eigenvalue weighted by molar-refractivity contribution is 14.0. The van der Waals surface area contributed by atoms with Crippen LogP contribution in [0.4, 0.5) is 0 Å². The Balaban J connectivity index is 0.00000364. The summed E-state index contributed by atoms with van der Waals surface area (Å²) in [6, 6.07) is 4.21. The Morgan fingerprint density at radius 1 is 1.37 bits per heavy atom. The number of aryl methyl sites for hydroxylation is 1. The number of unbranched alkanes of at least 4 members (excludes halogenated alkanes) is 3. The van der Waals surface area contributed by atoms with Crippen molar-refractivity contribution in [2.75, 3.05) is 13.6 Å². The fourth-order valence-corrected chi connectivity index (χ4v) is 3.19. The van der Waals surface area contributed by atoms with Crippen LogP contribution in [0.5, 0.6) is 0 Å². The molecule has 0 amide bonds. The van der Waals surface area contributed by atoms with Gasteiger partial charge in [-0.25, -0.2) is 4.99 Å². The van der Waals surface area contributed by atoms with E-state index in [0.717, 1.165) is 43.5 Å². The average molecular weight is 502 g/mol. The molecule has 2 heterocycles. The lowest BCUT2D eigenvalue weighted by Crippen LogP contribution is -2.39. The summed E-state index contributed by atoms with van der Waals surface area (Å²) >= 11 is 1.75. The van der Waals surface area contributed by atoms with Crippen LogP contribution >= 0.6 is 35.3 Å². The molecule has 0 saturated carbocycles. The second-order valence-electron chi connectivity index (χ2n) is 6.35. The molecule has 2 rings (SSSR count). The average Bonchev–Trinajstić information content (AvgIpc) is 3.26. The predicted molar refractivity (Wildman–Crippen MR) is 125 cm³/mol. The van der Waals surface area contributed by atoms with Gasteiger partial charge in [-0.05, 0) is 37.6 Å². The highest BCUT2D eigenvalue weighted by Crippen LogP contribution is 2.08. The Kier molecular flexibility index (Phi) is 11.3. The first-order chi connectivity index (χ1) is 12.6. The molecule has 0 bridgehead atoms. The lowest BCUT2D eigenvalue weighted by atomic mass is 10.2. The standard InChI is InChI=1S/C19H30N6S.HI/c1-5-6-7-8-9-12-24(3)19(20-14-17-11-10-13-26-17)21-15-18-23-22-16(2)25(18)4;/h5,10-11,13H,1,6-9,12,14-15H2,2-4H3,(H,20,21);1H. The van der Waals surface area contributed by atoms with Gasteiger partial charge >= 0.3 is 0 Å². The van der Waals surface area contributed by atoms with Crippen LogP contribution in [0.25, 0.3) is 0 Å². The fourth-order valence-electron chi connectivity index (χ4n) is 2.55. The Morgan fingerprint density at radius 2 is 2.19 bits per heavy atom. The van der Waals surface area contributed by atoms with Crippen LogP contribution in [0.2, 0.25) is 0 Å². The number of hydrogen-bond donors (Lipinski definition) is 1. The Hall–Kier alpha value is -1.42. The number of halogens is 1. The molecule has 0 aliphatic heterocycles. The predicted octanol–water partition coefficient (Wildman–Crippen LogP) is 4.13. The van der Waals surface area contributed by atoms with Gasteiger partial charge in [-0.1, -0.05) is 18.6 Å². The first-order valence-corrected chi connectivity index (χ1v) is 9.97. The number of aromatic nitrogens is 3. The molecule has 0 radical (unpaired) electrons. The smallest absolute Gasteiger partial charge is 0.194 e. The number of nitrogens with one attached hydrogen (secondary N) is 1. The van der Waals surface area contributed by atoms with Crippen LogP contribution in [0.15, 0.2) is 35.2 Å². The molecule has 2 aromatic rings. The summed E-state index contributed by atoms with van der Waals surface area (Å²) in [5.41, 5.74) is 0. The molecule has 0 spiro atoms. The van der Waals surface area contributed by atoms with E-state index in [4.69, 9.17) is 4.99 Å². The summed E-state index contributed by atoms with van der Waals surface area (Å²) < 4.78 is 1.98. The van der Waals surface area contributed by atoms with Gasteiger partial charge in [0.25, 0.3) is 0 Å². The maximum atomic E-state index is 4.78. The van der Waals surface area contributed by atoms with Crippen molar-refractivity contribution in [3.8, 4) is 0 Å². The minimum atomic E-state index is 0. The van der Waals surface area contributed by atoms with Crippen LogP contribution in [0.3, 0.4) is 0 Å². The van der Waals surface area contributed by atoms with E-state index in [0.29, 0.717) is 6.54 Å². The largest absolute Gasteiger partial charge is 0.351 e. The quantitative estimate of drug-likeness (QED) is 0.175. The van der Waals surface area contributed by atoms with E-state index in [2.05, 4.69) is 51.6 Å². The Bertz CT molecular complexity index is 695. The number of hydrogen-bond acceptors (Lipinski definition) is 4. The molecule has 0 fully saturated rings. The fraction of sp³-hybridized carbons (Fsp3) is 0.526. The molecule has 0 aliphatic rings. The van der Waals surface area contributed by atoms with E-state index in [-0.39, 0.29) is 24.0 Å². The van der Waals surface area contributed by atoms with Gasteiger partial charge in [0.05, 0.1) is 6.54 Å². The third kappa shape index (κ3) is 8.00. The second kappa shape index (κ2) is 12.9. The van der Waals surface area contributed by atoms with Crippen molar-refractivity contribution < 1.29 is 0 Å². The van der Waals surface area contributed by atoms with Crippen LogP contribution in [0.1, 0.15) is 42.2 Å². The number of aliphatic imine (C=N–C) groups is 1.